The average Bonchev–Trinajstić information content (AvgIpc) is 2.37. The van der Waals surface area contributed by atoms with Crippen LogP contribution in [0.4, 0.5) is 5.69 Å². The number of non-ortho nitro benzene ring substituents is 1. The van der Waals surface area contributed by atoms with E-state index in [0.29, 0.717) is 18.4 Å². The molecule has 1 N–H and O–H groups in total. The number of ether oxygens (including phenoxy) is 1. The van der Waals surface area contributed by atoms with E-state index in [-0.39, 0.29) is 17.8 Å². The Bertz CT molecular complexity index is 523. The molecular formula is C15H19NO5. The van der Waals surface area contributed by atoms with Crippen LogP contribution in [0.5, 0.6) is 0 Å². The zero-order valence-corrected chi connectivity index (χ0v) is 12.1. The Balaban J connectivity index is 2.55. The molecule has 21 heavy (non-hydrogen) atoms. The first-order chi connectivity index (χ1) is 9.79. The maximum Gasteiger partial charge on any atom is 0.302 e. The topological polar surface area (TPSA) is 89.7 Å². The molecule has 0 heterocycles. The van der Waals surface area contributed by atoms with Crippen molar-refractivity contribution in [3.63, 3.8) is 0 Å². The van der Waals surface area contributed by atoms with Gasteiger partial charge in [0.15, 0.2) is 0 Å². The molecule has 0 aromatic heterocycles. The van der Waals surface area contributed by atoms with E-state index in [1.807, 2.05) is 0 Å². The van der Waals surface area contributed by atoms with Crippen molar-refractivity contribution in [1.82, 2.24) is 0 Å². The molecule has 0 saturated carbocycles. The van der Waals surface area contributed by atoms with Crippen molar-refractivity contribution in [3.05, 3.63) is 52.1 Å². The molecule has 1 aromatic rings. The Morgan fingerprint density at radius 2 is 1.95 bits per heavy atom. The van der Waals surface area contributed by atoms with E-state index in [0.717, 1.165) is 5.57 Å². The highest BCUT2D eigenvalue weighted by molar-refractivity contribution is 5.66. The van der Waals surface area contributed by atoms with Crippen LogP contribution >= 0.6 is 0 Å². The van der Waals surface area contributed by atoms with Crippen LogP contribution in [0.1, 0.15) is 38.4 Å². The number of nitro benzene ring substituents is 1. The predicted octanol–water partition coefficient (Wildman–Crippen LogP) is 2.92. The first kappa shape index (κ1) is 16.8. The van der Waals surface area contributed by atoms with Crippen LogP contribution in [0.25, 0.3) is 0 Å². The van der Waals surface area contributed by atoms with Crippen LogP contribution in [0, 0.1) is 10.1 Å². The summed E-state index contributed by atoms with van der Waals surface area (Å²) in [5.74, 6) is -0.355. The molecule has 0 saturated heterocycles. The van der Waals surface area contributed by atoms with Crippen LogP contribution in [-0.4, -0.2) is 22.1 Å². The summed E-state index contributed by atoms with van der Waals surface area (Å²) in [7, 11) is 0. The SMILES string of the molecule is C=C(C[C@H](C)OC(C)=O)C[C@H](O)c1ccc([N+](=O)[O-])cc1. The fraction of sp³-hybridized carbons (Fsp3) is 0.400. The quantitative estimate of drug-likeness (QED) is 0.361. The minimum absolute atomic E-state index is 0.0201. The summed E-state index contributed by atoms with van der Waals surface area (Å²) in [6, 6.07) is 5.74. The number of nitro groups is 1. The lowest BCUT2D eigenvalue weighted by atomic mass is 9.99. The van der Waals surface area contributed by atoms with E-state index in [1.165, 1.54) is 31.2 Å². The van der Waals surface area contributed by atoms with Gasteiger partial charge < -0.3 is 9.84 Å². The van der Waals surface area contributed by atoms with Gasteiger partial charge in [0.1, 0.15) is 6.10 Å². The van der Waals surface area contributed by atoms with Gasteiger partial charge in [0.25, 0.3) is 5.69 Å². The lowest BCUT2D eigenvalue weighted by molar-refractivity contribution is -0.384. The van der Waals surface area contributed by atoms with Gasteiger partial charge in [-0.3, -0.25) is 14.9 Å². The molecule has 0 aliphatic rings. The van der Waals surface area contributed by atoms with Gasteiger partial charge in [-0.05, 0) is 31.0 Å². The summed E-state index contributed by atoms with van der Waals surface area (Å²) in [6.07, 6.45) is -0.311. The highest BCUT2D eigenvalue weighted by atomic mass is 16.6. The second-order valence-electron chi connectivity index (χ2n) is 4.94. The van der Waals surface area contributed by atoms with Gasteiger partial charge in [0, 0.05) is 25.5 Å². The molecule has 0 aliphatic carbocycles. The second-order valence-corrected chi connectivity index (χ2v) is 4.94. The van der Waals surface area contributed by atoms with Crippen molar-refractivity contribution in [2.45, 2.75) is 38.9 Å². The summed E-state index contributed by atoms with van der Waals surface area (Å²) in [4.78, 5) is 20.9. The molecule has 0 bridgehead atoms. The van der Waals surface area contributed by atoms with Crippen molar-refractivity contribution < 1.29 is 19.6 Å². The monoisotopic (exact) mass is 293 g/mol. The Hall–Kier alpha value is -2.21. The molecule has 0 unspecified atom stereocenters. The number of carbonyl (C=O) groups is 1. The van der Waals surface area contributed by atoms with Gasteiger partial charge in [-0.15, -0.1) is 0 Å². The molecule has 114 valence electrons. The minimum Gasteiger partial charge on any atom is -0.463 e. The summed E-state index contributed by atoms with van der Waals surface area (Å²) in [6.45, 7) is 6.95. The van der Waals surface area contributed by atoms with E-state index in [4.69, 9.17) is 4.74 Å². The zero-order valence-electron chi connectivity index (χ0n) is 12.1. The third kappa shape index (κ3) is 5.74. The molecular weight excluding hydrogens is 274 g/mol. The van der Waals surface area contributed by atoms with E-state index < -0.39 is 11.0 Å². The Labute approximate surface area is 123 Å². The highest BCUT2D eigenvalue weighted by Gasteiger charge is 2.14. The molecule has 0 spiro atoms. The number of rotatable bonds is 7. The molecule has 1 rings (SSSR count). The van der Waals surface area contributed by atoms with E-state index in [9.17, 15) is 20.0 Å². The van der Waals surface area contributed by atoms with Crippen molar-refractivity contribution in [2.24, 2.45) is 0 Å². The Morgan fingerprint density at radius 1 is 1.38 bits per heavy atom. The standard InChI is InChI=1S/C15H19NO5/c1-10(8-11(2)21-12(3)17)9-15(18)13-4-6-14(7-5-13)16(19)20/h4-7,11,15,18H,1,8-9H2,2-3H3/t11-,15-/m0/s1. The maximum atomic E-state index is 10.8. The molecule has 2 atom stereocenters. The van der Waals surface area contributed by atoms with E-state index in [1.54, 1.807) is 6.92 Å². The second kappa shape index (κ2) is 7.54. The van der Waals surface area contributed by atoms with Crippen molar-refractivity contribution in [1.29, 1.82) is 0 Å². The third-order valence-electron chi connectivity index (χ3n) is 2.91. The number of hydrogen-bond donors (Lipinski definition) is 1. The predicted molar refractivity (Wildman–Crippen MR) is 77.7 cm³/mol. The summed E-state index contributed by atoms with van der Waals surface area (Å²) < 4.78 is 4.99. The van der Waals surface area contributed by atoms with Gasteiger partial charge in [-0.2, -0.15) is 0 Å². The Kier molecular flexibility index (Phi) is 6.05. The molecule has 1 aromatic carbocycles. The van der Waals surface area contributed by atoms with Crippen LogP contribution in [-0.2, 0) is 9.53 Å². The van der Waals surface area contributed by atoms with Gasteiger partial charge >= 0.3 is 5.97 Å². The molecule has 0 fully saturated rings. The fourth-order valence-electron chi connectivity index (χ4n) is 2.02. The lowest BCUT2D eigenvalue weighted by Crippen LogP contribution is -2.13. The largest absolute Gasteiger partial charge is 0.463 e. The van der Waals surface area contributed by atoms with Crippen molar-refractivity contribution in [3.8, 4) is 0 Å². The maximum absolute atomic E-state index is 10.8. The number of aliphatic hydroxyl groups excluding tert-OH is 1. The molecule has 6 heteroatoms. The first-order valence-electron chi connectivity index (χ1n) is 6.56. The van der Waals surface area contributed by atoms with Crippen LogP contribution in [0.3, 0.4) is 0 Å². The average molecular weight is 293 g/mol. The summed E-state index contributed by atoms with van der Waals surface area (Å²) >= 11 is 0. The van der Waals surface area contributed by atoms with Crippen molar-refractivity contribution in [2.75, 3.05) is 0 Å². The lowest BCUT2D eigenvalue weighted by Gasteiger charge is -2.16. The van der Waals surface area contributed by atoms with Crippen LogP contribution in [0.2, 0.25) is 0 Å². The first-order valence-corrected chi connectivity index (χ1v) is 6.56. The number of benzene rings is 1. The minimum atomic E-state index is -0.789. The number of carbonyl (C=O) groups excluding carboxylic acids is 1. The van der Waals surface area contributed by atoms with Crippen LogP contribution < -0.4 is 0 Å². The zero-order chi connectivity index (χ0) is 16.0. The fourth-order valence-corrected chi connectivity index (χ4v) is 2.02. The number of aliphatic hydroxyl groups is 1. The van der Waals surface area contributed by atoms with E-state index in [2.05, 4.69) is 6.58 Å². The molecule has 0 aliphatic heterocycles. The highest BCUT2D eigenvalue weighted by Crippen LogP contribution is 2.24. The van der Waals surface area contributed by atoms with Gasteiger partial charge in [0.2, 0.25) is 0 Å². The van der Waals surface area contributed by atoms with Gasteiger partial charge in [-0.25, -0.2) is 0 Å². The normalized spacial score (nSPS) is 13.3. The molecule has 0 amide bonds. The smallest absolute Gasteiger partial charge is 0.302 e. The number of hydrogen-bond acceptors (Lipinski definition) is 5. The number of nitrogens with zero attached hydrogens (tertiary/aromatic N) is 1. The van der Waals surface area contributed by atoms with E-state index >= 15 is 0 Å². The van der Waals surface area contributed by atoms with Crippen molar-refractivity contribution >= 4 is 11.7 Å². The summed E-state index contributed by atoms with van der Waals surface area (Å²) in [5, 5.41) is 20.6. The van der Waals surface area contributed by atoms with Gasteiger partial charge in [0.05, 0.1) is 11.0 Å². The number of esters is 1. The summed E-state index contributed by atoms with van der Waals surface area (Å²) in [5.41, 5.74) is 1.31. The molecule has 6 nitrogen and oxygen atoms in total. The van der Waals surface area contributed by atoms with Crippen LogP contribution in [0.15, 0.2) is 36.4 Å². The van der Waals surface area contributed by atoms with Gasteiger partial charge in [-0.1, -0.05) is 12.2 Å². The molecule has 0 radical (unpaired) electrons. The Morgan fingerprint density at radius 3 is 2.43 bits per heavy atom. The third-order valence-corrected chi connectivity index (χ3v) is 2.91.